The van der Waals surface area contributed by atoms with Crippen LogP contribution in [0.3, 0.4) is 0 Å². The van der Waals surface area contributed by atoms with Crippen molar-refractivity contribution in [1.82, 2.24) is 14.9 Å². The molecule has 0 atom stereocenters. The molecule has 0 bridgehead atoms. The van der Waals surface area contributed by atoms with E-state index in [9.17, 15) is 4.79 Å². The van der Waals surface area contributed by atoms with Gasteiger partial charge in [0.25, 0.3) is 0 Å². The normalized spacial score (nSPS) is 14.0. The summed E-state index contributed by atoms with van der Waals surface area (Å²) in [6.45, 7) is 15.4. The van der Waals surface area contributed by atoms with E-state index in [2.05, 4.69) is 61.1 Å². The van der Waals surface area contributed by atoms with Gasteiger partial charge in [0.05, 0.1) is 0 Å². The van der Waals surface area contributed by atoms with E-state index in [4.69, 9.17) is 16.6 Å². The highest BCUT2D eigenvalue weighted by molar-refractivity contribution is 6.30. The molecule has 2 aromatic carbocycles. The average Bonchev–Trinajstić information content (AvgIpc) is 2.86. The molecule has 0 radical (unpaired) electrons. The van der Waals surface area contributed by atoms with Gasteiger partial charge in [-0.15, -0.1) is 0 Å². The van der Waals surface area contributed by atoms with E-state index in [0.717, 1.165) is 53.1 Å². The molecular formula is C30H38ClN5O. The van der Waals surface area contributed by atoms with Crippen molar-refractivity contribution in [2.75, 3.05) is 36.4 Å². The molecule has 1 aliphatic rings. The molecule has 3 aromatic rings. The predicted octanol–water partition coefficient (Wildman–Crippen LogP) is 6.94. The number of halogens is 1. The van der Waals surface area contributed by atoms with E-state index in [-0.39, 0.29) is 6.03 Å². The van der Waals surface area contributed by atoms with E-state index >= 15 is 0 Å². The number of hydrogen-bond donors (Lipinski definition) is 1. The molecule has 1 saturated heterocycles. The first-order valence-electron chi connectivity index (χ1n) is 13.2. The number of benzene rings is 2. The number of hydrogen-bond acceptors (Lipinski definition) is 4. The smallest absolute Gasteiger partial charge is 0.321 e. The molecule has 0 saturated carbocycles. The molecular weight excluding hydrogens is 482 g/mol. The van der Waals surface area contributed by atoms with Crippen LogP contribution in [0.4, 0.5) is 16.3 Å². The molecule has 4 rings (SSSR count). The Labute approximate surface area is 226 Å². The maximum atomic E-state index is 13.4. The van der Waals surface area contributed by atoms with Crippen LogP contribution < -0.4 is 10.2 Å². The van der Waals surface area contributed by atoms with Crippen molar-refractivity contribution >= 4 is 29.1 Å². The van der Waals surface area contributed by atoms with Crippen LogP contribution in [-0.2, 0) is 6.42 Å². The van der Waals surface area contributed by atoms with Crippen molar-refractivity contribution in [3.63, 3.8) is 0 Å². The summed E-state index contributed by atoms with van der Waals surface area (Å²) in [6, 6.07) is 14.2. The van der Waals surface area contributed by atoms with E-state index < -0.39 is 0 Å². The zero-order valence-corrected chi connectivity index (χ0v) is 23.6. The summed E-state index contributed by atoms with van der Waals surface area (Å²) in [5.41, 5.74) is 6.60. The van der Waals surface area contributed by atoms with Crippen LogP contribution in [-0.4, -0.2) is 47.1 Å². The lowest BCUT2D eigenvalue weighted by Crippen LogP contribution is -2.50. The minimum absolute atomic E-state index is 0.0360. The van der Waals surface area contributed by atoms with Crippen molar-refractivity contribution in [2.24, 2.45) is 0 Å². The van der Waals surface area contributed by atoms with Crippen molar-refractivity contribution < 1.29 is 4.79 Å². The van der Waals surface area contributed by atoms with Crippen LogP contribution in [0, 0.1) is 13.8 Å². The molecule has 0 spiro atoms. The summed E-state index contributed by atoms with van der Waals surface area (Å²) >= 11 is 6.09. The monoisotopic (exact) mass is 519 g/mol. The first-order chi connectivity index (χ1) is 17.6. The number of nitrogens with one attached hydrogen (secondary N) is 1. The maximum absolute atomic E-state index is 13.4. The molecule has 1 aromatic heterocycles. The quantitative estimate of drug-likeness (QED) is 0.383. The van der Waals surface area contributed by atoms with Gasteiger partial charge in [-0.25, -0.2) is 14.8 Å². The fraction of sp³-hybridized carbons (Fsp3) is 0.433. The topological polar surface area (TPSA) is 61.4 Å². The zero-order valence-electron chi connectivity index (χ0n) is 22.8. The standard InChI is InChI=1S/C30H38ClN5O/c1-19(2)25-8-7-9-26(20(3)4)28(25)34-30(37)36-16-14-35(15-17-36)29-27(21(5)32-22(6)33-29)18-23-10-12-24(31)13-11-23/h7-13,19-20H,14-18H2,1-6H3,(H,34,37). The number of amides is 2. The molecule has 2 amide bonds. The first kappa shape index (κ1) is 26.9. The maximum Gasteiger partial charge on any atom is 0.321 e. The second-order valence-electron chi connectivity index (χ2n) is 10.5. The number of carbonyl (C=O) groups is 1. The largest absolute Gasteiger partial charge is 0.353 e. The molecule has 1 aliphatic heterocycles. The lowest BCUT2D eigenvalue weighted by Gasteiger charge is -2.37. The molecule has 196 valence electrons. The Balaban J connectivity index is 1.50. The minimum Gasteiger partial charge on any atom is -0.353 e. The van der Waals surface area contributed by atoms with Gasteiger partial charge in [-0.2, -0.15) is 0 Å². The fourth-order valence-electron chi connectivity index (χ4n) is 5.00. The fourth-order valence-corrected chi connectivity index (χ4v) is 5.12. The third kappa shape index (κ3) is 6.24. The van der Waals surface area contributed by atoms with Crippen molar-refractivity contribution in [2.45, 2.75) is 59.8 Å². The van der Waals surface area contributed by atoms with Gasteiger partial charge in [-0.05, 0) is 54.5 Å². The number of piperazine rings is 1. The Morgan fingerprint density at radius 2 is 1.51 bits per heavy atom. The van der Waals surface area contributed by atoms with Crippen molar-refractivity contribution in [3.05, 3.63) is 81.3 Å². The summed E-state index contributed by atoms with van der Waals surface area (Å²) in [4.78, 5) is 27.0. The van der Waals surface area contributed by atoms with Crippen LogP contribution in [0.1, 0.15) is 73.3 Å². The number of carbonyl (C=O) groups excluding carboxylic acids is 1. The SMILES string of the molecule is Cc1nc(C)c(Cc2ccc(Cl)cc2)c(N2CCN(C(=O)Nc3c(C(C)C)cccc3C(C)C)CC2)n1. The van der Waals surface area contributed by atoms with Gasteiger partial charge in [0.2, 0.25) is 0 Å². The summed E-state index contributed by atoms with van der Waals surface area (Å²) in [6.07, 6.45) is 0.739. The number of aryl methyl sites for hydroxylation is 2. The van der Waals surface area contributed by atoms with Crippen LogP contribution in [0.2, 0.25) is 5.02 Å². The number of nitrogens with zero attached hydrogens (tertiary/aromatic N) is 4. The Morgan fingerprint density at radius 3 is 2.08 bits per heavy atom. The highest BCUT2D eigenvalue weighted by Gasteiger charge is 2.26. The molecule has 7 heteroatoms. The van der Waals surface area contributed by atoms with Gasteiger partial charge >= 0.3 is 6.03 Å². The molecule has 0 aliphatic carbocycles. The Hall–Kier alpha value is -3.12. The van der Waals surface area contributed by atoms with Gasteiger partial charge in [-0.1, -0.05) is 69.6 Å². The van der Waals surface area contributed by atoms with Crippen LogP contribution >= 0.6 is 11.6 Å². The molecule has 0 unspecified atom stereocenters. The minimum atomic E-state index is -0.0360. The second kappa shape index (κ2) is 11.5. The Bertz CT molecular complexity index is 1220. The van der Waals surface area contributed by atoms with Gasteiger partial charge in [-0.3, -0.25) is 0 Å². The molecule has 1 N–H and O–H groups in total. The summed E-state index contributed by atoms with van der Waals surface area (Å²) in [5, 5.41) is 3.99. The zero-order chi connectivity index (χ0) is 26.7. The second-order valence-corrected chi connectivity index (χ2v) is 10.9. The van der Waals surface area contributed by atoms with Crippen molar-refractivity contribution in [3.8, 4) is 0 Å². The average molecular weight is 520 g/mol. The van der Waals surface area contributed by atoms with E-state index in [0.29, 0.717) is 24.9 Å². The van der Waals surface area contributed by atoms with E-state index in [1.54, 1.807) is 0 Å². The molecule has 2 heterocycles. The third-order valence-corrected chi connectivity index (χ3v) is 7.32. The molecule has 6 nitrogen and oxygen atoms in total. The summed E-state index contributed by atoms with van der Waals surface area (Å²) in [5.74, 6) is 2.38. The van der Waals surface area contributed by atoms with E-state index in [1.165, 1.54) is 16.7 Å². The Morgan fingerprint density at radius 1 is 0.919 bits per heavy atom. The van der Waals surface area contributed by atoms with Crippen LogP contribution in [0.15, 0.2) is 42.5 Å². The van der Waals surface area contributed by atoms with Crippen LogP contribution in [0.25, 0.3) is 0 Å². The van der Waals surface area contributed by atoms with Gasteiger partial charge in [0, 0.05) is 54.6 Å². The molecule has 37 heavy (non-hydrogen) atoms. The summed E-state index contributed by atoms with van der Waals surface area (Å²) < 4.78 is 0. The number of aromatic nitrogens is 2. The van der Waals surface area contributed by atoms with Crippen molar-refractivity contribution in [1.29, 1.82) is 0 Å². The summed E-state index contributed by atoms with van der Waals surface area (Å²) in [7, 11) is 0. The van der Waals surface area contributed by atoms with E-state index in [1.807, 2.05) is 43.0 Å². The number of anilines is 2. The van der Waals surface area contributed by atoms with Gasteiger partial charge in [0.15, 0.2) is 0 Å². The predicted molar refractivity (Wildman–Crippen MR) is 153 cm³/mol. The molecule has 1 fully saturated rings. The first-order valence-corrected chi connectivity index (χ1v) is 13.5. The van der Waals surface area contributed by atoms with Crippen LogP contribution in [0.5, 0.6) is 0 Å². The number of rotatable bonds is 6. The lowest BCUT2D eigenvalue weighted by atomic mass is 9.93. The van der Waals surface area contributed by atoms with Gasteiger partial charge in [0.1, 0.15) is 11.6 Å². The highest BCUT2D eigenvalue weighted by Crippen LogP contribution is 2.33. The lowest BCUT2D eigenvalue weighted by molar-refractivity contribution is 0.208. The van der Waals surface area contributed by atoms with Gasteiger partial charge < -0.3 is 15.1 Å². The highest BCUT2D eigenvalue weighted by atomic mass is 35.5. The number of urea groups is 1. The Kier molecular flexibility index (Phi) is 8.38. The third-order valence-electron chi connectivity index (χ3n) is 7.07. The number of para-hydroxylation sites is 1.